The van der Waals surface area contributed by atoms with Crippen LogP contribution in [0.2, 0.25) is 4.34 Å². The van der Waals surface area contributed by atoms with E-state index in [1.165, 1.54) is 11.3 Å². The standard InChI is InChI=1S/C16H17ClN2OS/c1-2-10-19(11-13-8-9-14(17)21-13)16(20)15(18)12-6-4-3-5-7-12/h2-9,15H,1,10-11,18H2/t15-/m0/s1. The monoisotopic (exact) mass is 320 g/mol. The molecule has 0 unspecified atom stereocenters. The van der Waals surface area contributed by atoms with Crippen molar-refractivity contribution in [2.45, 2.75) is 12.6 Å². The maximum atomic E-state index is 12.6. The van der Waals surface area contributed by atoms with Crippen molar-refractivity contribution in [3.63, 3.8) is 0 Å². The number of hydrogen-bond donors (Lipinski definition) is 1. The van der Waals surface area contributed by atoms with Crippen LogP contribution < -0.4 is 5.73 Å². The Hall–Kier alpha value is -1.62. The molecule has 1 aromatic heterocycles. The molecule has 0 bridgehead atoms. The van der Waals surface area contributed by atoms with Crippen molar-refractivity contribution in [2.75, 3.05) is 6.54 Å². The number of amides is 1. The molecule has 0 radical (unpaired) electrons. The van der Waals surface area contributed by atoms with Gasteiger partial charge >= 0.3 is 0 Å². The molecule has 0 fully saturated rings. The van der Waals surface area contributed by atoms with Gasteiger partial charge in [0.1, 0.15) is 6.04 Å². The summed E-state index contributed by atoms with van der Waals surface area (Å²) in [6, 6.07) is 12.4. The van der Waals surface area contributed by atoms with Crippen LogP contribution in [0.3, 0.4) is 0 Å². The van der Waals surface area contributed by atoms with E-state index in [-0.39, 0.29) is 5.91 Å². The van der Waals surface area contributed by atoms with Crippen molar-refractivity contribution in [2.24, 2.45) is 5.73 Å². The zero-order valence-electron chi connectivity index (χ0n) is 11.5. The molecule has 0 saturated heterocycles. The quantitative estimate of drug-likeness (QED) is 0.826. The van der Waals surface area contributed by atoms with E-state index in [4.69, 9.17) is 17.3 Å². The van der Waals surface area contributed by atoms with Crippen LogP contribution in [0.1, 0.15) is 16.5 Å². The van der Waals surface area contributed by atoms with Gasteiger partial charge in [-0.15, -0.1) is 17.9 Å². The number of carbonyl (C=O) groups is 1. The number of thiophene rings is 1. The van der Waals surface area contributed by atoms with Crippen LogP contribution in [0.5, 0.6) is 0 Å². The summed E-state index contributed by atoms with van der Waals surface area (Å²) in [7, 11) is 0. The Kier molecular flexibility index (Phi) is 5.56. The van der Waals surface area contributed by atoms with Gasteiger partial charge in [-0.05, 0) is 17.7 Å². The molecule has 1 amide bonds. The first-order valence-corrected chi connectivity index (χ1v) is 7.75. The maximum Gasteiger partial charge on any atom is 0.244 e. The molecule has 0 spiro atoms. The van der Waals surface area contributed by atoms with Crippen LogP contribution in [-0.4, -0.2) is 17.4 Å². The minimum atomic E-state index is -0.665. The van der Waals surface area contributed by atoms with E-state index in [1.54, 1.807) is 11.0 Å². The van der Waals surface area contributed by atoms with E-state index in [0.29, 0.717) is 17.4 Å². The number of rotatable bonds is 6. The van der Waals surface area contributed by atoms with Crippen LogP contribution in [0.15, 0.2) is 55.1 Å². The van der Waals surface area contributed by atoms with Gasteiger partial charge in [0, 0.05) is 11.4 Å². The Morgan fingerprint density at radius 1 is 1.33 bits per heavy atom. The summed E-state index contributed by atoms with van der Waals surface area (Å²) < 4.78 is 0.711. The van der Waals surface area contributed by atoms with E-state index < -0.39 is 6.04 Å². The third-order valence-electron chi connectivity index (χ3n) is 3.06. The minimum Gasteiger partial charge on any atom is -0.332 e. The number of benzene rings is 1. The van der Waals surface area contributed by atoms with Crippen molar-refractivity contribution in [3.8, 4) is 0 Å². The molecule has 1 aromatic carbocycles. The predicted octanol–water partition coefficient (Wildman–Crippen LogP) is 3.62. The van der Waals surface area contributed by atoms with Crippen molar-refractivity contribution >= 4 is 28.8 Å². The molecule has 21 heavy (non-hydrogen) atoms. The molecule has 2 aromatic rings. The van der Waals surface area contributed by atoms with Gasteiger partial charge in [0.05, 0.1) is 10.9 Å². The summed E-state index contributed by atoms with van der Waals surface area (Å²) in [5, 5.41) is 0. The fraction of sp³-hybridized carbons (Fsp3) is 0.188. The van der Waals surface area contributed by atoms with Crippen molar-refractivity contribution in [3.05, 3.63) is 69.9 Å². The van der Waals surface area contributed by atoms with Crippen LogP contribution in [0, 0.1) is 0 Å². The molecule has 3 nitrogen and oxygen atoms in total. The highest BCUT2D eigenvalue weighted by Gasteiger charge is 2.22. The smallest absolute Gasteiger partial charge is 0.244 e. The molecule has 1 atom stereocenters. The SMILES string of the molecule is C=CCN(Cc1ccc(Cl)s1)C(=O)[C@@H](N)c1ccccc1. The molecule has 110 valence electrons. The Morgan fingerprint density at radius 3 is 2.62 bits per heavy atom. The number of nitrogens with two attached hydrogens (primary N) is 1. The van der Waals surface area contributed by atoms with E-state index in [2.05, 4.69) is 6.58 Å². The molecule has 1 heterocycles. The highest BCUT2D eigenvalue weighted by molar-refractivity contribution is 7.16. The van der Waals surface area contributed by atoms with Gasteiger partial charge in [-0.3, -0.25) is 4.79 Å². The second kappa shape index (κ2) is 7.41. The second-order valence-electron chi connectivity index (χ2n) is 4.60. The Morgan fingerprint density at radius 2 is 2.05 bits per heavy atom. The van der Waals surface area contributed by atoms with Gasteiger partial charge in [-0.1, -0.05) is 48.0 Å². The lowest BCUT2D eigenvalue weighted by Crippen LogP contribution is -2.38. The summed E-state index contributed by atoms with van der Waals surface area (Å²) in [5.74, 6) is -0.120. The van der Waals surface area contributed by atoms with Crippen LogP contribution >= 0.6 is 22.9 Å². The van der Waals surface area contributed by atoms with Gasteiger partial charge in [0.15, 0.2) is 0 Å². The molecule has 0 aliphatic rings. The molecule has 0 aliphatic heterocycles. The lowest BCUT2D eigenvalue weighted by Gasteiger charge is -2.24. The minimum absolute atomic E-state index is 0.120. The first-order valence-electron chi connectivity index (χ1n) is 6.56. The summed E-state index contributed by atoms with van der Waals surface area (Å²) in [5.41, 5.74) is 6.89. The number of hydrogen-bond acceptors (Lipinski definition) is 3. The maximum absolute atomic E-state index is 12.6. The largest absolute Gasteiger partial charge is 0.332 e. The van der Waals surface area contributed by atoms with E-state index in [1.807, 2.05) is 42.5 Å². The molecular weight excluding hydrogens is 304 g/mol. The number of nitrogens with zero attached hydrogens (tertiary/aromatic N) is 1. The molecule has 2 rings (SSSR count). The van der Waals surface area contributed by atoms with Crippen molar-refractivity contribution < 1.29 is 4.79 Å². The summed E-state index contributed by atoms with van der Waals surface area (Å²) in [6.07, 6.45) is 1.70. The first kappa shape index (κ1) is 15.8. The van der Waals surface area contributed by atoms with Gasteiger partial charge in [0.25, 0.3) is 0 Å². The van der Waals surface area contributed by atoms with E-state index >= 15 is 0 Å². The summed E-state index contributed by atoms with van der Waals surface area (Å²) >= 11 is 7.39. The Balaban J connectivity index is 2.13. The normalized spacial score (nSPS) is 11.9. The number of carbonyl (C=O) groups excluding carboxylic acids is 1. The first-order chi connectivity index (χ1) is 10.1. The van der Waals surface area contributed by atoms with Gasteiger partial charge < -0.3 is 10.6 Å². The highest BCUT2D eigenvalue weighted by atomic mass is 35.5. The summed E-state index contributed by atoms with van der Waals surface area (Å²) in [6.45, 7) is 4.65. The third-order valence-corrected chi connectivity index (χ3v) is 4.28. The van der Waals surface area contributed by atoms with Crippen LogP contribution in [0.4, 0.5) is 0 Å². The zero-order chi connectivity index (χ0) is 15.2. The lowest BCUT2D eigenvalue weighted by atomic mass is 10.1. The fourth-order valence-electron chi connectivity index (χ4n) is 2.01. The summed E-state index contributed by atoms with van der Waals surface area (Å²) in [4.78, 5) is 15.3. The van der Waals surface area contributed by atoms with Crippen molar-refractivity contribution in [1.82, 2.24) is 4.90 Å². The Bertz CT molecular complexity index is 612. The van der Waals surface area contributed by atoms with Crippen LogP contribution in [0.25, 0.3) is 0 Å². The molecule has 0 saturated carbocycles. The molecule has 5 heteroatoms. The van der Waals surface area contributed by atoms with Crippen molar-refractivity contribution in [1.29, 1.82) is 0 Å². The van der Waals surface area contributed by atoms with E-state index in [0.717, 1.165) is 10.4 Å². The highest BCUT2D eigenvalue weighted by Crippen LogP contribution is 2.23. The van der Waals surface area contributed by atoms with Gasteiger partial charge in [-0.25, -0.2) is 0 Å². The van der Waals surface area contributed by atoms with Crippen LogP contribution in [-0.2, 0) is 11.3 Å². The average molecular weight is 321 g/mol. The number of halogens is 1. The fourth-order valence-corrected chi connectivity index (χ4v) is 3.12. The second-order valence-corrected chi connectivity index (χ2v) is 6.40. The predicted molar refractivity (Wildman–Crippen MR) is 88.3 cm³/mol. The average Bonchev–Trinajstić information content (AvgIpc) is 2.91. The lowest BCUT2D eigenvalue weighted by molar-refractivity contribution is -0.132. The molecular formula is C16H17ClN2OS. The Labute approximate surface area is 133 Å². The van der Waals surface area contributed by atoms with Gasteiger partial charge in [0.2, 0.25) is 5.91 Å². The molecule has 0 aliphatic carbocycles. The topological polar surface area (TPSA) is 46.3 Å². The zero-order valence-corrected chi connectivity index (χ0v) is 13.1. The molecule has 2 N–H and O–H groups in total. The van der Waals surface area contributed by atoms with Gasteiger partial charge in [-0.2, -0.15) is 0 Å². The third kappa shape index (κ3) is 4.17. The van der Waals surface area contributed by atoms with E-state index in [9.17, 15) is 4.79 Å².